The maximum Gasteiger partial charge on any atom is 0.229 e. The molecule has 1 aromatic rings. The molecule has 2 amide bonds. The standard InChI is InChI=1S/C12H13ClN2O2/c13-10-6-5-9(7-14-10)8-15-11(16)3-1-2-4-12(15)17/h5-7H,1-4,8H2. The van der Waals surface area contributed by atoms with Gasteiger partial charge in [-0.05, 0) is 24.5 Å². The Balaban J connectivity index is 2.12. The van der Waals surface area contributed by atoms with Crippen LogP contribution in [0, 0.1) is 0 Å². The van der Waals surface area contributed by atoms with Crippen LogP contribution in [0.3, 0.4) is 0 Å². The van der Waals surface area contributed by atoms with Crippen LogP contribution in [0.4, 0.5) is 0 Å². The molecule has 4 nitrogen and oxygen atoms in total. The van der Waals surface area contributed by atoms with Crippen molar-refractivity contribution >= 4 is 23.4 Å². The highest BCUT2D eigenvalue weighted by atomic mass is 35.5. The van der Waals surface area contributed by atoms with Gasteiger partial charge in [-0.3, -0.25) is 14.5 Å². The minimum atomic E-state index is -0.0950. The maximum atomic E-state index is 11.8. The summed E-state index contributed by atoms with van der Waals surface area (Å²) < 4.78 is 0. The molecule has 0 radical (unpaired) electrons. The van der Waals surface area contributed by atoms with Crippen LogP contribution in [-0.2, 0) is 16.1 Å². The molecule has 0 atom stereocenters. The Morgan fingerprint density at radius 2 is 1.82 bits per heavy atom. The monoisotopic (exact) mass is 252 g/mol. The first-order valence-corrected chi connectivity index (χ1v) is 5.98. The number of halogens is 1. The topological polar surface area (TPSA) is 50.3 Å². The van der Waals surface area contributed by atoms with E-state index in [2.05, 4.69) is 4.98 Å². The minimum Gasteiger partial charge on any atom is -0.278 e. The molecule has 1 fully saturated rings. The summed E-state index contributed by atoms with van der Waals surface area (Å²) in [4.78, 5) is 28.8. The number of imide groups is 1. The van der Waals surface area contributed by atoms with Gasteiger partial charge in [0, 0.05) is 19.0 Å². The average molecular weight is 253 g/mol. The zero-order valence-corrected chi connectivity index (χ0v) is 10.1. The normalized spacial score (nSPS) is 17.1. The molecular formula is C12H13ClN2O2. The SMILES string of the molecule is O=C1CCCCC(=O)N1Cc1ccc(Cl)nc1. The summed E-state index contributed by atoms with van der Waals surface area (Å²) in [7, 11) is 0. The van der Waals surface area contributed by atoms with Crippen LogP contribution in [-0.4, -0.2) is 21.7 Å². The molecule has 0 N–H and O–H groups in total. The second kappa shape index (κ2) is 5.27. The zero-order valence-electron chi connectivity index (χ0n) is 9.36. The Morgan fingerprint density at radius 3 is 2.35 bits per heavy atom. The fourth-order valence-electron chi connectivity index (χ4n) is 1.82. The largest absolute Gasteiger partial charge is 0.278 e. The van der Waals surface area contributed by atoms with E-state index < -0.39 is 0 Å². The number of amides is 2. The predicted octanol–water partition coefficient (Wildman–Crippen LogP) is 2.16. The molecule has 17 heavy (non-hydrogen) atoms. The number of rotatable bonds is 2. The van der Waals surface area contributed by atoms with Gasteiger partial charge in [-0.1, -0.05) is 17.7 Å². The fraction of sp³-hybridized carbons (Fsp3) is 0.417. The van der Waals surface area contributed by atoms with E-state index >= 15 is 0 Å². The average Bonchev–Trinajstić information content (AvgIpc) is 2.47. The smallest absolute Gasteiger partial charge is 0.229 e. The summed E-state index contributed by atoms with van der Waals surface area (Å²) in [6.07, 6.45) is 4.08. The lowest BCUT2D eigenvalue weighted by Crippen LogP contribution is -2.34. The predicted molar refractivity (Wildman–Crippen MR) is 63.3 cm³/mol. The Morgan fingerprint density at radius 1 is 1.18 bits per heavy atom. The van der Waals surface area contributed by atoms with Gasteiger partial charge in [0.1, 0.15) is 5.15 Å². The lowest BCUT2D eigenvalue weighted by Gasteiger charge is -2.18. The molecule has 0 bridgehead atoms. The highest BCUT2D eigenvalue weighted by Gasteiger charge is 2.23. The number of nitrogens with zero attached hydrogens (tertiary/aromatic N) is 2. The molecule has 0 aromatic carbocycles. The van der Waals surface area contributed by atoms with Crippen LogP contribution >= 0.6 is 11.6 Å². The summed E-state index contributed by atoms with van der Waals surface area (Å²) in [5, 5.41) is 0.405. The Kier molecular flexibility index (Phi) is 3.74. The lowest BCUT2D eigenvalue weighted by molar-refractivity contribution is -0.144. The Hall–Kier alpha value is -1.42. The van der Waals surface area contributed by atoms with Crippen LogP contribution in [0.1, 0.15) is 31.2 Å². The van der Waals surface area contributed by atoms with Crippen LogP contribution in [0.25, 0.3) is 0 Å². The molecule has 1 saturated heterocycles. The molecule has 1 aliphatic rings. The van der Waals surface area contributed by atoms with Gasteiger partial charge in [-0.15, -0.1) is 0 Å². The van der Waals surface area contributed by atoms with Gasteiger partial charge in [0.2, 0.25) is 11.8 Å². The summed E-state index contributed by atoms with van der Waals surface area (Å²) in [5.41, 5.74) is 0.818. The van der Waals surface area contributed by atoms with E-state index in [9.17, 15) is 9.59 Å². The van der Waals surface area contributed by atoms with Crippen LogP contribution < -0.4 is 0 Å². The number of carbonyl (C=O) groups excluding carboxylic acids is 2. The number of hydrogen-bond donors (Lipinski definition) is 0. The van der Waals surface area contributed by atoms with Gasteiger partial charge >= 0.3 is 0 Å². The Bertz CT molecular complexity index is 413. The van der Waals surface area contributed by atoms with Gasteiger partial charge < -0.3 is 0 Å². The van der Waals surface area contributed by atoms with E-state index in [0.717, 1.165) is 18.4 Å². The first-order chi connectivity index (χ1) is 8.16. The van der Waals surface area contributed by atoms with Crippen molar-refractivity contribution in [1.29, 1.82) is 0 Å². The second-order valence-corrected chi connectivity index (χ2v) is 4.46. The molecule has 1 aromatic heterocycles. The van der Waals surface area contributed by atoms with Crippen molar-refractivity contribution in [2.75, 3.05) is 0 Å². The molecule has 0 aliphatic carbocycles. The molecule has 0 saturated carbocycles. The van der Waals surface area contributed by atoms with Gasteiger partial charge in [-0.2, -0.15) is 0 Å². The van der Waals surface area contributed by atoms with E-state index in [1.807, 2.05) is 0 Å². The quantitative estimate of drug-likeness (QED) is 0.599. The molecule has 0 spiro atoms. The molecule has 2 heterocycles. The number of likely N-dealkylation sites (tertiary alicyclic amines) is 1. The summed E-state index contributed by atoms with van der Waals surface area (Å²) in [5.74, 6) is -0.190. The molecular weight excluding hydrogens is 240 g/mol. The van der Waals surface area contributed by atoms with Crippen LogP contribution in [0.2, 0.25) is 5.15 Å². The Labute approximate surface area is 105 Å². The number of pyridine rings is 1. The van der Waals surface area contributed by atoms with E-state index in [1.165, 1.54) is 4.90 Å². The van der Waals surface area contributed by atoms with Crippen molar-refractivity contribution in [3.63, 3.8) is 0 Å². The van der Waals surface area contributed by atoms with Crippen molar-refractivity contribution in [1.82, 2.24) is 9.88 Å². The third-order valence-electron chi connectivity index (χ3n) is 2.76. The van der Waals surface area contributed by atoms with Crippen LogP contribution in [0.5, 0.6) is 0 Å². The van der Waals surface area contributed by atoms with E-state index in [4.69, 9.17) is 11.6 Å². The van der Waals surface area contributed by atoms with Gasteiger partial charge in [-0.25, -0.2) is 4.98 Å². The lowest BCUT2D eigenvalue weighted by atomic mass is 10.2. The molecule has 90 valence electrons. The van der Waals surface area contributed by atoms with Crippen molar-refractivity contribution in [2.45, 2.75) is 32.2 Å². The van der Waals surface area contributed by atoms with Crippen molar-refractivity contribution in [3.8, 4) is 0 Å². The molecule has 5 heteroatoms. The summed E-state index contributed by atoms with van der Waals surface area (Å²) in [6.45, 7) is 0.293. The highest BCUT2D eigenvalue weighted by Crippen LogP contribution is 2.16. The third-order valence-corrected chi connectivity index (χ3v) is 2.99. The summed E-state index contributed by atoms with van der Waals surface area (Å²) in [6, 6.07) is 3.43. The van der Waals surface area contributed by atoms with Crippen molar-refractivity contribution in [2.24, 2.45) is 0 Å². The molecule has 1 aliphatic heterocycles. The molecule has 0 unspecified atom stereocenters. The van der Waals surface area contributed by atoms with Crippen molar-refractivity contribution in [3.05, 3.63) is 29.0 Å². The summed E-state index contributed by atoms with van der Waals surface area (Å²) >= 11 is 5.68. The van der Waals surface area contributed by atoms with Gasteiger partial charge in [0.15, 0.2) is 0 Å². The van der Waals surface area contributed by atoms with E-state index in [0.29, 0.717) is 24.5 Å². The van der Waals surface area contributed by atoms with Gasteiger partial charge in [0.25, 0.3) is 0 Å². The van der Waals surface area contributed by atoms with E-state index in [1.54, 1.807) is 18.3 Å². The number of carbonyl (C=O) groups is 2. The zero-order chi connectivity index (χ0) is 12.3. The minimum absolute atomic E-state index is 0.0950. The van der Waals surface area contributed by atoms with Gasteiger partial charge in [0.05, 0.1) is 6.54 Å². The van der Waals surface area contributed by atoms with Crippen LogP contribution in [0.15, 0.2) is 18.3 Å². The first-order valence-electron chi connectivity index (χ1n) is 5.60. The fourth-order valence-corrected chi connectivity index (χ4v) is 1.93. The first kappa shape index (κ1) is 12.0. The van der Waals surface area contributed by atoms with Crippen molar-refractivity contribution < 1.29 is 9.59 Å². The van der Waals surface area contributed by atoms with E-state index in [-0.39, 0.29) is 11.8 Å². The second-order valence-electron chi connectivity index (χ2n) is 4.07. The number of hydrogen-bond acceptors (Lipinski definition) is 3. The highest BCUT2D eigenvalue weighted by molar-refractivity contribution is 6.29. The maximum absolute atomic E-state index is 11.8. The molecule has 2 rings (SSSR count). The number of aromatic nitrogens is 1. The third kappa shape index (κ3) is 3.03.